The highest BCUT2D eigenvalue weighted by Crippen LogP contribution is 2.17. The van der Waals surface area contributed by atoms with E-state index >= 15 is 0 Å². The Kier molecular flexibility index (Phi) is 9.95. The summed E-state index contributed by atoms with van der Waals surface area (Å²) in [6.07, 6.45) is 0.332. The molecule has 11 heteroatoms. The average Bonchev–Trinajstić information content (AvgIpc) is 3.29. The first kappa shape index (κ1) is 24.6. The molecule has 1 aliphatic rings. The monoisotopic (exact) mass is 448 g/mol. The van der Waals surface area contributed by atoms with Crippen LogP contribution in [0.1, 0.15) is 25.3 Å². The summed E-state index contributed by atoms with van der Waals surface area (Å²) >= 11 is 0. The third kappa shape index (κ3) is 8.25. The van der Waals surface area contributed by atoms with E-state index in [-0.39, 0.29) is 32.8 Å². The number of carbonyl (C=O) groups excluding carboxylic acids is 5. The fraction of sp³-hybridized carbons (Fsp3) is 0.476. The molecule has 1 fully saturated rings. The number of likely N-dealkylation sites (tertiary alicyclic amines) is 1. The van der Waals surface area contributed by atoms with Crippen LogP contribution >= 0.6 is 0 Å². The van der Waals surface area contributed by atoms with E-state index < -0.39 is 35.8 Å². The maximum absolute atomic E-state index is 12.5. The summed E-state index contributed by atoms with van der Waals surface area (Å²) in [6.45, 7) is 1.37. The second-order valence-corrected chi connectivity index (χ2v) is 6.96. The molecule has 1 atom stereocenters. The maximum atomic E-state index is 12.5. The molecule has 0 aliphatic carbocycles. The minimum Gasteiger partial charge on any atom is -0.465 e. The molecule has 2 rings (SSSR count). The van der Waals surface area contributed by atoms with Crippen LogP contribution < -0.4 is 16.0 Å². The van der Waals surface area contributed by atoms with Crippen molar-refractivity contribution in [2.75, 3.05) is 32.8 Å². The fourth-order valence-corrected chi connectivity index (χ4v) is 3.09. The zero-order valence-electron chi connectivity index (χ0n) is 17.9. The van der Waals surface area contributed by atoms with Crippen molar-refractivity contribution in [2.24, 2.45) is 0 Å². The lowest BCUT2D eigenvalue weighted by molar-refractivity contribution is -0.143. The first-order valence-electron chi connectivity index (χ1n) is 10.3. The zero-order valence-corrected chi connectivity index (χ0v) is 17.9. The number of nitrogens with zero attached hydrogens (tertiary/aromatic N) is 1. The van der Waals surface area contributed by atoms with Gasteiger partial charge in [-0.25, -0.2) is 4.79 Å². The molecule has 0 spiro atoms. The summed E-state index contributed by atoms with van der Waals surface area (Å²) in [5.41, 5.74) is 0.816. The Bertz CT molecular complexity index is 816. The topological polar surface area (TPSA) is 143 Å². The fourth-order valence-electron chi connectivity index (χ4n) is 3.09. The van der Waals surface area contributed by atoms with Gasteiger partial charge in [-0.05, 0) is 25.3 Å². The number of nitrogens with one attached hydrogen (secondary N) is 3. The lowest BCUT2D eigenvalue weighted by atomic mass is 10.2. The summed E-state index contributed by atoms with van der Waals surface area (Å²) in [7, 11) is 0. The lowest BCUT2D eigenvalue weighted by Gasteiger charge is -2.24. The zero-order chi connectivity index (χ0) is 23.3. The average molecular weight is 448 g/mol. The van der Waals surface area contributed by atoms with Crippen LogP contribution in [0.5, 0.6) is 0 Å². The molecule has 1 heterocycles. The third-order valence-electron chi connectivity index (χ3n) is 4.63. The number of carbonyl (C=O) groups is 5. The first-order valence-corrected chi connectivity index (χ1v) is 10.3. The Labute approximate surface area is 185 Å². The molecule has 32 heavy (non-hydrogen) atoms. The molecule has 1 saturated heterocycles. The van der Waals surface area contributed by atoms with E-state index in [1.807, 2.05) is 30.3 Å². The van der Waals surface area contributed by atoms with Gasteiger partial charge in [-0.15, -0.1) is 0 Å². The van der Waals surface area contributed by atoms with Crippen LogP contribution in [0, 0.1) is 0 Å². The van der Waals surface area contributed by atoms with E-state index in [1.54, 1.807) is 6.92 Å². The molecule has 0 radical (unpaired) electrons. The maximum Gasteiger partial charge on any atom is 0.407 e. The predicted molar refractivity (Wildman–Crippen MR) is 112 cm³/mol. The van der Waals surface area contributed by atoms with Crippen molar-refractivity contribution in [3.05, 3.63) is 35.9 Å². The van der Waals surface area contributed by atoms with Crippen molar-refractivity contribution >= 4 is 29.8 Å². The van der Waals surface area contributed by atoms with Crippen molar-refractivity contribution in [1.29, 1.82) is 0 Å². The van der Waals surface area contributed by atoms with E-state index in [0.29, 0.717) is 19.4 Å². The largest absolute Gasteiger partial charge is 0.465 e. The summed E-state index contributed by atoms with van der Waals surface area (Å²) in [5, 5.41) is 7.18. The standard InChI is InChI=1S/C21H28N4O7/c1-2-31-19(28)13-22-17(26)11-23-20(29)16-9-6-10-25(16)18(27)12-24-21(30)32-14-15-7-4-3-5-8-15/h3-5,7-8,16H,2,6,9-14H2,1H3,(H,22,26)(H,23,29)(H,24,30). The summed E-state index contributed by atoms with van der Waals surface area (Å²) in [6, 6.07) is 8.38. The molecular formula is C21H28N4O7. The molecule has 1 aromatic carbocycles. The first-order chi connectivity index (χ1) is 15.4. The van der Waals surface area contributed by atoms with E-state index in [4.69, 9.17) is 9.47 Å². The van der Waals surface area contributed by atoms with Crippen LogP contribution in [-0.4, -0.2) is 73.5 Å². The van der Waals surface area contributed by atoms with Crippen LogP contribution in [0.3, 0.4) is 0 Å². The van der Waals surface area contributed by atoms with Gasteiger partial charge >= 0.3 is 12.1 Å². The number of rotatable bonds is 10. The number of benzene rings is 1. The molecule has 11 nitrogen and oxygen atoms in total. The van der Waals surface area contributed by atoms with Crippen molar-refractivity contribution in [3.63, 3.8) is 0 Å². The molecule has 174 valence electrons. The Hall–Kier alpha value is -3.63. The number of esters is 1. The molecule has 0 saturated carbocycles. The molecular weight excluding hydrogens is 420 g/mol. The third-order valence-corrected chi connectivity index (χ3v) is 4.63. The minimum atomic E-state index is -0.735. The van der Waals surface area contributed by atoms with Crippen molar-refractivity contribution < 1.29 is 33.4 Å². The van der Waals surface area contributed by atoms with Crippen molar-refractivity contribution in [2.45, 2.75) is 32.4 Å². The molecule has 1 unspecified atom stereocenters. The molecule has 3 N–H and O–H groups in total. The number of hydrogen-bond acceptors (Lipinski definition) is 7. The normalized spacial score (nSPS) is 14.9. The number of amides is 4. The molecule has 1 aliphatic heterocycles. The van der Waals surface area contributed by atoms with E-state index in [2.05, 4.69) is 16.0 Å². The number of ether oxygens (including phenoxy) is 2. The van der Waals surface area contributed by atoms with Gasteiger partial charge in [0.15, 0.2) is 0 Å². The second kappa shape index (κ2) is 12.9. The number of hydrogen-bond donors (Lipinski definition) is 3. The molecule has 0 aromatic heterocycles. The SMILES string of the molecule is CCOC(=O)CNC(=O)CNC(=O)C1CCCN1C(=O)CNC(=O)OCc1ccccc1. The summed E-state index contributed by atoms with van der Waals surface area (Å²) < 4.78 is 9.75. The van der Waals surface area contributed by atoms with Gasteiger partial charge in [0, 0.05) is 6.54 Å². The summed E-state index contributed by atoms with van der Waals surface area (Å²) in [5.74, 6) is -2.03. The van der Waals surface area contributed by atoms with Crippen LogP contribution in [-0.2, 0) is 35.3 Å². The Morgan fingerprint density at radius 2 is 1.72 bits per heavy atom. The Balaban J connectivity index is 1.71. The van der Waals surface area contributed by atoms with Gasteiger partial charge < -0.3 is 30.3 Å². The van der Waals surface area contributed by atoms with Gasteiger partial charge in [0.05, 0.1) is 13.2 Å². The van der Waals surface area contributed by atoms with Gasteiger partial charge in [-0.2, -0.15) is 0 Å². The van der Waals surface area contributed by atoms with E-state index in [9.17, 15) is 24.0 Å². The van der Waals surface area contributed by atoms with Crippen molar-refractivity contribution in [1.82, 2.24) is 20.9 Å². The van der Waals surface area contributed by atoms with Gasteiger partial charge in [-0.1, -0.05) is 30.3 Å². The highest BCUT2D eigenvalue weighted by Gasteiger charge is 2.34. The van der Waals surface area contributed by atoms with E-state index in [0.717, 1.165) is 5.56 Å². The predicted octanol–water partition coefficient (Wildman–Crippen LogP) is -0.301. The van der Waals surface area contributed by atoms with Gasteiger partial charge in [0.25, 0.3) is 0 Å². The smallest absolute Gasteiger partial charge is 0.407 e. The van der Waals surface area contributed by atoms with Crippen LogP contribution in [0.15, 0.2) is 30.3 Å². The molecule has 4 amide bonds. The van der Waals surface area contributed by atoms with Crippen LogP contribution in [0.25, 0.3) is 0 Å². The Morgan fingerprint density at radius 3 is 2.44 bits per heavy atom. The van der Waals surface area contributed by atoms with Crippen molar-refractivity contribution in [3.8, 4) is 0 Å². The molecule has 1 aromatic rings. The molecule has 0 bridgehead atoms. The Morgan fingerprint density at radius 1 is 0.969 bits per heavy atom. The number of alkyl carbamates (subject to hydrolysis) is 1. The van der Waals surface area contributed by atoms with Crippen LogP contribution in [0.2, 0.25) is 0 Å². The second-order valence-electron chi connectivity index (χ2n) is 6.96. The lowest BCUT2D eigenvalue weighted by Crippen LogP contribution is -2.50. The summed E-state index contributed by atoms with van der Waals surface area (Å²) in [4.78, 5) is 61.0. The highest BCUT2D eigenvalue weighted by molar-refractivity contribution is 5.92. The van der Waals surface area contributed by atoms with Crippen LogP contribution in [0.4, 0.5) is 4.79 Å². The van der Waals surface area contributed by atoms with Gasteiger partial charge in [0.2, 0.25) is 17.7 Å². The van der Waals surface area contributed by atoms with Gasteiger partial charge in [0.1, 0.15) is 25.7 Å². The highest BCUT2D eigenvalue weighted by atomic mass is 16.5. The minimum absolute atomic E-state index is 0.0772. The quantitative estimate of drug-likeness (QED) is 0.417. The van der Waals surface area contributed by atoms with E-state index in [1.165, 1.54) is 4.90 Å². The van der Waals surface area contributed by atoms with Gasteiger partial charge in [-0.3, -0.25) is 19.2 Å².